The van der Waals surface area contributed by atoms with Crippen LogP contribution >= 0.6 is 0 Å². The Morgan fingerprint density at radius 2 is 1.31 bits per heavy atom. The summed E-state index contributed by atoms with van der Waals surface area (Å²) in [7, 11) is 0. The van der Waals surface area contributed by atoms with Crippen LogP contribution in [0.2, 0.25) is 0 Å². The van der Waals surface area contributed by atoms with E-state index >= 15 is 0 Å². The van der Waals surface area contributed by atoms with Crippen LogP contribution < -0.4 is 29.6 Å². The minimum Gasteiger partial charge on any atom is -0.454 e. The second-order valence-corrected chi connectivity index (χ2v) is 9.02. The molecule has 0 aromatic heterocycles. The van der Waals surface area contributed by atoms with Crippen LogP contribution in [0.4, 0.5) is 0 Å². The van der Waals surface area contributed by atoms with Crippen molar-refractivity contribution in [2.75, 3.05) is 20.1 Å². The average Bonchev–Trinajstić information content (AvgIpc) is 3.38. The summed E-state index contributed by atoms with van der Waals surface area (Å²) in [5, 5.41) is 6.01. The number of benzene rings is 2. The van der Waals surface area contributed by atoms with Crippen molar-refractivity contribution in [1.29, 1.82) is 0 Å². The zero-order chi connectivity index (χ0) is 22.7. The molecule has 0 bridgehead atoms. The van der Waals surface area contributed by atoms with Gasteiger partial charge >= 0.3 is 0 Å². The van der Waals surface area contributed by atoms with E-state index in [1.165, 1.54) is 0 Å². The van der Waals surface area contributed by atoms with Gasteiger partial charge in [0.25, 0.3) is 0 Å². The summed E-state index contributed by atoms with van der Waals surface area (Å²) in [6.45, 7) is 6.82. The van der Waals surface area contributed by atoms with Crippen LogP contribution in [-0.4, -0.2) is 38.0 Å². The topological polar surface area (TPSA) is 95.1 Å². The molecule has 0 aliphatic carbocycles. The van der Waals surface area contributed by atoms with Gasteiger partial charge in [0.05, 0.1) is 18.9 Å². The molecule has 2 aliphatic heterocycles. The van der Waals surface area contributed by atoms with Crippen molar-refractivity contribution >= 4 is 11.8 Å². The van der Waals surface area contributed by atoms with Crippen molar-refractivity contribution in [3.8, 4) is 23.0 Å². The largest absolute Gasteiger partial charge is 0.454 e. The van der Waals surface area contributed by atoms with Gasteiger partial charge in [-0.15, -0.1) is 0 Å². The van der Waals surface area contributed by atoms with Crippen LogP contribution in [0, 0.1) is 5.41 Å². The van der Waals surface area contributed by atoms with Gasteiger partial charge in [0.2, 0.25) is 25.4 Å². The molecule has 2 aromatic carbocycles. The molecule has 2 N–H and O–H groups in total. The molecule has 0 saturated carbocycles. The lowest BCUT2D eigenvalue weighted by Crippen LogP contribution is -2.51. The third kappa shape index (κ3) is 5.25. The average molecular weight is 440 g/mol. The Balaban J connectivity index is 1.31. The number of carbonyl (C=O) groups excluding carboxylic acids is 2. The molecular weight excluding hydrogens is 412 g/mol. The van der Waals surface area contributed by atoms with E-state index in [1.807, 2.05) is 51.1 Å². The number of rotatable bonds is 7. The third-order valence-corrected chi connectivity index (χ3v) is 5.49. The van der Waals surface area contributed by atoms with Gasteiger partial charge in [0, 0.05) is 6.54 Å². The van der Waals surface area contributed by atoms with E-state index in [1.54, 1.807) is 6.07 Å². The highest BCUT2D eigenvalue weighted by Crippen LogP contribution is 2.33. The molecule has 170 valence electrons. The lowest BCUT2D eigenvalue weighted by molar-refractivity contribution is -0.123. The predicted octanol–water partition coefficient (Wildman–Crippen LogP) is 2.58. The molecule has 0 saturated heterocycles. The van der Waals surface area contributed by atoms with Crippen LogP contribution in [0.15, 0.2) is 36.4 Å². The van der Waals surface area contributed by atoms with E-state index in [2.05, 4.69) is 10.6 Å². The van der Waals surface area contributed by atoms with Crippen LogP contribution in [0.3, 0.4) is 0 Å². The van der Waals surface area contributed by atoms with E-state index in [9.17, 15) is 9.59 Å². The Morgan fingerprint density at radius 3 is 1.84 bits per heavy atom. The molecule has 1 atom stereocenters. The van der Waals surface area contributed by atoms with Gasteiger partial charge in [-0.2, -0.15) is 0 Å². The van der Waals surface area contributed by atoms with Crippen molar-refractivity contribution in [2.24, 2.45) is 5.41 Å². The lowest BCUT2D eigenvalue weighted by Gasteiger charge is -2.31. The second-order valence-electron chi connectivity index (χ2n) is 9.02. The zero-order valence-corrected chi connectivity index (χ0v) is 18.5. The van der Waals surface area contributed by atoms with Crippen molar-refractivity contribution in [3.05, 3.63) is 47.5 Å². The Kier molecular flexibility index (Phi) is 6.12. The van der Waals surface area contributed by atoms with E-state index < -0.39 is 0 Å². The van der Waals surface area contributed by atoms with E-state index in [-0.39, 0.29) is 49.7 Å². The minimum atomic E-state index is -0.240. The quantitative estimate of drug-likeness (QED) is 0.687. The van der Waals surface area contributed by atoms with Crippen LogP contribution in [-0.2, 0) is 22.4 Å². The minimum absolute atomic E-state index is 0.117. The van der Waals surface area contributed by atoms with Crippen molar-refractivity contribution in [1.82, 2.24) is 10.6 Å². The van der Waals surface area contributed by atoms with Gasteiger partial charge in [-0.25, -0.2) is 0 Å². The molecule has 2 aliphatic rings. The SMILES string of the molecule is CC(C)(C)C(CNC(=O)Cc1ccc2c(c1)OCO2)NC(=O)Cc1ccc2c(c1)OCO2. The van der Waals surface area contributed by atoms with Crippen molar-refractivity contribution < 1.29 is 28.5 Å². The molecule has 2 heterocycles. The molecule has 4 rings (SSSR count). The van der Waals surface area contributed by atoms with E-state index in [4.69, 9.17) is 18.9 Å². The first-order chi connectivity index (χ1) is 15.3. The van der Waals surface area contributed by atoms with Gasteiger partial charge in [-0.05, 0) is 40.8 Å². The van der Waals surface area contributed by atoms with Gasteiger partial charge in [0.1, 0.15) is 0 Å². The number of hydrogen-bond donors (Lipinski definition) is 2. The first-order valence-electron chi connectivity index (χ1n) is 10.6. The van der Waals surface area contributed by atoms with Crippen LogP contribution in [0.1, 0.15) is 31.9 Å². The summed E-state index contributed by atoms with van der Waals surface area (Å²) in [4.78, 5) is 25.2. The molecular formula is C24H28N2O6. The van der Waals surface area contributed by atoms with Crippen LogP contribution in [0.5, 0.6) is 23.0 Å². The maximum Gasteiger partial charge on any atom is 0.231 e. The van der Waals surface area contributed by atoms with Gasteiger partial charge in [0.15, 0.2) is 23.0 Å². The number of hydrogen-bond acceptors (Lipinski definition) is 6. The Labute approximate surface area is 187 Å². The summed E-state index contributed by atoms with van der Waals surface area (Å²) in [6, 6.07) is 10.7. The van der Waals surface area contributed by atoms with Gasteiger partial charge in [-0.1, -0.05) is 32.9 Å². The molecule has 0 radical (unpaired) electrons. The maximum absolute atomic E-state index is 12.7. The molecule has 0 spiro atoms. The number of ether oxygens (including phenoxy) is 4. The van der Waals surface area contributed by atoms with Crippen molar-refractivity contribution in [2.45, 2.75) is 39.7 Å². The molecule has 32 heavy (non-hydrogen) atoms. The smallest absolute Gasteiger partial charge is 0.231 e. The van der Waals surface area contributed by atoms with Gasteiger partial charge in [-0.3, -0.25) is 9.59 Å². The highest BCUT2D eigenvalue weighted by atomic mass is 16.7. The first kappa shape index (κ1) is 21.8. The molecule has 2 aromatic rings. The summed E-state index contributed by atoms with van der Waals surface area (Å²) >= 11 is 0. The predicted molar refractivity (Wildman–Crippen MR) is 117 cm³/mol. The number of fused-ring (bicyclic) bond motifs is 2. The molecule has 0 fully saturated rings. The number of amides is 2. The highest BCUT2D eigenvalue weighted by molar-refractivity contribution is 5.80. The zero-order valence-electron chi connectivity index (χ0n) is 18.5. The Morgan fingerprint density at radius 1 is 0.812 bits per heavy atom. The molecule has 8 nitrogen and oxygen atoms in total. The molecule has 2 amide bonds. The van der Waals surface area contributed by atoms with Gasteiger partial charge < -0.3 is 29.6 Å². The number of carbonyl (C=O) groups is 2. The number of nitrogens with one attached hydrogen (secondary N) is 2. The summed E-state index contributed by atoms with van der Waals surface area (Å²) in [5.74, 6) is 2.44. The fraction of sp³-hybridized carbons (Fsp3) is 0.417. The fourth-order valence-corrected chi connectivity index (χ4v) is 3.57. The van der Waals surface area contributed by atoms with E-state index in [0.29, 0.717) is 29.5 Å². The first-order valence-corrected chi connectivity index (χ1v) is 10.6. The maximum atomic E-state index is 12.7. The summed E-state index contributed by atoms with van der Waals surface area (Å²) in [6.07, 6.45) is 0.438. The Hall–Kier alpha value is -3.42. The summed E-state index contributed by atoms with van der Waals surface area (Å²) in [5.41, 5.74) is 1.44. The lowest BCUT2D eigenvalue weighted by atomic mass is 9.86. The molecule has 1 unspecified atom stereocenters. The van der Waals surface area contributed by atoms with Crippen molar-refractivity contribution in [3.63, 3.8) is 0 Å². The van der Waals surface area contributed by atoms with E-state index in [0.717, 1.165) is 11.1 Å². The molecule has 8 heteroatoms. The third-order valence-electron chi connectivity index (χ3n) is 5.49. The highest BCUT2D eigenvalue weighted by Gasteiger charge is 2.27. The van der Waals surface area contributed by atoms with Crippen LogP contribution in [0.25, 0.3) is 0 Å². The second kappa shape index (κ2) is 8.98. The Bertz CT molecular complexity index is 1010. The standard InChI is InChI=1S/C24H28N2O6/c1-24(2,3)21(26-23(28)11-16-5-7-18-20(9-16)32-14-30-18)12-25-22(27)10-15-4-6-17-19(8-15)31-13-29-17/h4-9,21H,10-14H2,1-3H3,(H,25,27)(H,26,28). The summed E-state index contributed by atoms with van der Waals surface area (Å²) < 4.78 is 21.4. The fourth-order valence-electron chi connectivity index (χ4n) is 3.57. The monoisotopic (exact) mass is 440 g/mol. The normalized spacial score (nSPS) is 14.7.